The fourth-order valence-electron chi connectivity index (χ4n) is 4.27. The number of nitrogens with one attached hydrogen (secondary N) is 1. The van der Waals surface area contributed by atoms with Crippen molar-refractivity contribution in [1.29, 1.82) is 0 Å². The summed E-state index contributed by atoms with van der Waals surface area (Å²) in [5, 5.41) is 8.23. The van der Waals surface area contributed by atoms with Gasteiger partial charge in [-0.15, -0.1) is 12.4 Å². The molecule has 0 aliphatic carbocycles. The van der Waals surface area contributed by atoms with Gasteiger partial charge in [-0.1, -0.05) is 48.5 Å². The van der Waals surface area contributed by atoms with Gasteiger partial charge in [0.1, 0.15) is 0 Å². The number of piperidine rings is 1. The Hall–Kier alpha value is -2.37. The van der Waals surface area contributed by atoms with E-state index in [9.17, 15) is 4.79 Å². The van der Waals surface area contributed by atoms with Crippen LogP contribution in [-0.2, 0) is 6.54 Å². The van der Waals surface area contributed by atoms with Crippen LogP contribution in [0.5, 0.6) is 0 Å². The van der Waals surface area contributed by atoms with Crippen molar-refractivity contribution in [1.82, 2.24) is 20.0 Å². The van der Waals surface area contributed by atoms with Crippen LogP contribution in [-0.4, -0.2) is 51.1 Å². The second-order valence-electron chi connectivity index (χ2n) is 7.92. The molecule has 3 aromatic rings. The second kappa shape index (κ2) is 9.42. The molecule has 0 radical (unpaired) electrons. The van der Waals surface area contributed by atoms with Crippen LogP contribution in [0.3, 0.4) is 0 Å². The lowest BCUT2D eigenvalue weighted by atomic mass is 10.00. The van der Waals surface area contributed by atoms with E-state index < -0.39 is 0 Å². The molecule has 154 valence electrons. The Labute approximate surface area is 178 Å². The molecule has 1 aliphatic rings. The third kappa shape index (κ3) is 4.62. The number of para-hydroxylation sites is 1. The number of carbonyl (C=O) groups excluding carboxylic acids is 1. The maximum atomic E-state index is 13.4. The largest absolute Gasteiger partial charge is 0.332 e. The number of nitrogens with zero attached hydrogens (tertiary/aromatic N) is 3. The maximum Gasteiger partial charge on any atom is 0.275 e. The molecule has 0 spiro atoms. The zero-order valence-electron chi connectivity index (χ0n) is 17.0. The van der Waals surface area contributed by atoms with E-state index in [1.807, 2.05) is 29.2 Å². The number of amides is 1. The summed E-state index contributed by atoms with van der Waals surface area (Å²) in [4.78, 5) is 17.9. The predicted molar refractivity (Wildman–Crippen MR) is 119 cm³/mol. The third-order valence-corrected chi connectivity index (χ3v) is 5.66. The molecule has 1 N–H and O–H groups in total. The molecule has 29 heavy (non-hydrogen) atoms. The van der Waals surface area contributed by atoms with E-state index in [2.05, 4.69) is 59.3 Å². The Kier molecular flexibility index (Phi) is 6.93. The molecule has 0 bridgehead atoms. The molecule has 1 aromatic heterocycles. The molecule has 2 aromatic carbocycles. The van der Waals surface area contributed by atoms with Gasteiger partial charge in [0.15, 0.2) is 5.69 Å². The first-order valence-electron chi connectivity index (χ1n) is 10.2. The predicted octanol–water partition coefficient (Wildman–Crippen LogP) is 4.50. The second-order valence-corrected chi connectivity index (χ2v) is 7.92. The molecule has 2 heterocycles. The van der Waals surface area contributed by atoms with Crippen molar-refractivity contribution < 1.29 is 4.79 Å². The van der Waals surface area contributed by atoms with Crippen LogP contribution >= 0.6 is 12.4 Å². The van der Waals surface area contributed by atoms with Gasteiger partial charge in [-0.25, -0.2) is 0 Å². The summed E-state index contributed by atoms with van der Waals surface area (Å²) < 4.78 is 0. The fourth-order valence-corrected chi connectivity index (χ4v) is 4.27. The molecule has 1 aliphatic heterocycles. The van der Waals surface area contributed by atoms with Crippen molar-refractivity contribution in [3.63, 3.8) is 0 Å². The van der Waals surface area contributed by atoms with E-state index in [1.54, 1.807) is 0 Å². The number of likely N-dealkylation sites (tertiary alicyclic amines) is 1. The Morgan fingerprint density at radius 3 is 2.45 bits per heavy atom. The van der Waals surface area contributed by atoms with Gasteiger partial charge in [0.05, 0.1) is 5.52 Å². The molecule has 0 atom stereocenters. The number of benzene rings is 2. The lowest BCUT2D eigenvalue weighted by Crippen LogP contribution is -2.50. The highest BCUT2D eigenvalue weighted by Crippen LogP contribution is 2.24. The first kappa shape index (κ1) is 21.3. The van der Waals surface area contributed by atoms with E-state index in [1.165, 1.54) is 5.56 Å². The Bertz CT molecular complexity index is 932. The van der Waals surface area contributed by atoms with Gasteiger partial charge in [-0.2, -0.15) is 5.10 Å². The van der Waals surface area contributed by atoms with Crippen LogP contribution in [0.2, 0.25) is 0 Å². The molecule has 1 saturated heterocycles. The highest BCUT2D eigenvalue weighted by Gasteiger charge is 2.32. The SMILES string of the molecule is CC(C)N(C(=O)c1n[nH]c2ccccc12)C1CCN(Cc2ccccc2)CC1.Cl. The number of fused-ring (bicyclic) bond motifs is 1. The van der Waals surface area contributed by atoms with E-state index in [4.69, 9.17) is 0 Å². The smallest absolute Gasteiger partial charge is 0.275 e. The summed E-state index contributed by atoms with van der Waals surface area (Å²) in [6, 6.07) is 18.8. The summed E-state index contributed by atoms with van der Waals surface area (Å²) in [6.45, 7) is 7.20. The van der Waals surface area contributed by atoms with Crippen molar-refractivity contribution >= 4 is 29.2 Å². The lowest BCUT2D eigenvalue weighted by molar-refractivity contribution is 0.0473. The quantitative estimate of drug-likeness (QED) is 0.671. The summed E-state index contributed by atoms with van der Waals surface area (Å²) in [5.74, 6) is 0.0361. The summed E-state index contributed by atoms with van der Waals surface area (Å²) in [6.07, 6.45) is 2.00. The number of aromatic amines is 1. The fraction of sp³-hybridized carbons (Fsp3) is 0.391. The number of hydrogen-bond donors (Lipinski definition) is 1. The number of halogens is 1. The molecular formula is C23H29ClN4O. The zero-order valence-corrected chi connectivity index (χ0v) is 17.9. The van der Waals surface area contributed by atoms with Gasteiger partial charge in [-0.05, 0) is 38.3 Å². The van der Waals surface area contributed by atoms with Gasteiger partial charge >= 0.3 is 0 Å². The molecule has 0 unspecified atom stereocenters. The first-order chi connectivity index (χ1) is 13.6. The Balaban J connectivity index is 0.00000240. The third-order valence-electron chi connectivity index (χ3n) is 5.66. The van der Waals surface area contributed by atoms with E-state index in [0.29, 0.717) is 5.69 Å². The van der Waals surface area contributed by atoms with Gasteiger partial charge in [0, 0.05) is 37.1 Å². The van der Waals surface area contributed by atoms with E-state index in [-0.39, 0.29) is 30.4 Å². The minimum atomic E-state index is 0. The lowest BCUT2D eigenvalue weighted by Gasteiger charge is -2.40. The number of H-pyrrole nitrogens is 1. The van der Waals surface area contributed by atoms with Crippen molar-refractivity contribution in [2.45, 2.75) is 45.3 Å². The van der Waals surface area contributed by atoms with Crippen molar-refractivity contribution in [3.8, 4) is 0 Å². The molecule has 5 nitrogen and oxygen atoms in total. The molecular weight excluding hydrogens is 384 g/mol. The molecule has 0 saturated carbocycles. The maximum absolute atomic E-state index is 13.4. The molecule has 1 fully saturated rings. The van der Waals surface area contributed by atoms with Crippen LogP contribution in [0.1, 0.15) is 42.7 Å². The first-order valence-corrected chi connectivity index (χ1v) is 10.2. The van der Waals surface area contributed by atoms with Crippen molar-refractivity contribution in [3.05, 3.63) is 65.9 Å². The van der Waals surface area contributed by atoms with Crippen LogP contribution in [0.15, 0.2) is 54.6 Å². The average Bonchev–Trinajstić information content (AvgIpc) is 3.14. The summed E-state index contributed by atoms with van der Waals surface area (Å²) in [5.41, 5.74) is 2.80. The van der Waals surface area contributed by atoms with Gasteiger partial charge in [-0.3, -0.25) is 14.8 Å². The average molecular weight is 413 g/mol. The van der Waals surface area contributed by atoms with Gasteiger partial charge in [0.2, 0.25) is 0 Å². The van der Waals surface area contributed by atoms with Crippen LogP contribution < -0.4 is 0 Å². The van der Waals surface area contributed by atoms with Crippen LogP contribution in [0.4, 0.5) is 0 Å². The van der Waals surface area contributed by atoms with Crippen LogP contribution in [0.25, 0.3) is 10.9 Å². The van der Waals surface area contributed by atoms with E-state index >= 15 is 0 Å². The summed E-state index contributed by atoms with van der Waals surface area (Å²) in [7, 11) is 0. The molecule has 4 rings (SSSR count). The summed E-state index contributed by atoms with van der Waals surface area (Å²) >= 11 is 0. The number of rotatable bonds is 5. The number of carbonyl (C=O) groups is 1. The van der Waals surface area contributed by atoms with Crippen molar-refractivity contribution in [2.75, 3.05) is 13.1 Å². The Morgan fingerprint density at radius 1 is 1.10 bits per heavy atom. The topological polar surface area (TPSA) is 52.2 Å². The zero-order chi connectivity index (χ0) is 19.5. The van der Waals surface area contributed by atoms with Crippen molar-refractivity contribution in [2.24, 2.45) is 0 Å². The Morgan fingerprint density at radius 2 is 1.76 bits per heavy atom. The van der Waals surface area contributed by atoms with Gasteiger partial charge < -0.3 is 4.90 Å². The van der Waals surface area contributed by atoms with Crippen LogP contribution in [0, 0.1) is 0 Å². The minimum Gasteiger partial charge on any atom is -0.332 e. The molecule has 1 amide bonds. The molecule has 6 heteroatoms. The highest BCUT2D eigenvalue weighted by molar-refractivity contribution is 6.04. The van der Waals surface area contributed by atoms with E-state index in [0.717, 1.165) is 43.4 Å². The standard InChI is InChI=1S/C23H28N4O.ClH/c1-17(2)27(23(28)22-20-10-6-7-11-21(20)24-25-22)19-12-14-26(15-13-19)16-18-8-4-3-5-9-18;/h3-11,17,19H,12-16H2,1-2H3,(H,24,25);1H. The number of aromatic nitrogens is 2. The highest BCUT2D eigenvalue weighted by atomic mass is 35.5. The number of hydrogen-bond acceptors (Lipinski definition) is 3. The normalized spacial score (nSPS) is 15.4. The monoisotopic (exact) mass is 412 g/mol. The minimum absolute atomic E-state index is 0. The van der Waals surface area contributed by atoms with Gasteiger partial charge in [0.25, 0.3) is 5.91 Å².